The Morgan fingerprint density at radius 2 is 1.75 bits per heavy atom. The quantitative estimate of drug-likeness (QED) is 0.520. The van der Waals surface area contributed by atoms with Crippen LogP contribution in [0.5, 0.6) is 5.75 Å². The minimum atomic E-state index is -1.09. The number of phenols is 1. The molecule has 1 fully saturated rings. The van der Waals surface area contributed by atoms with Gasteiger partial charge in [-0.05, 0) is 55.6 Å². The number of nitrogens with two attached hydrogens (primary N) is 1. The standard InChI is InChI=1S/C24H26N2O6/c25-24(32)19-15(27)10-13-9-12-8-11-4-5-14(26-6-2-1-3-7-26)20(28)16(11)21(29)17(12)22(30)18(13)23(19)31/h4-5,12-13,18,27-28,30H,1-3,6-10H2,(H2,25,32). The molecule has 1 aromatic rings. The number of carbonyl (C=O) groups is 3. The normalized spacial score (nSPS) is 27.8. The van der Waals surface area contributed by atoms with Gasteiger partial charge in [-0.1, -0.05) is 6.07 Å². The van der Waals surface area contributed by atoms with E-state index in [1.54, 1.807) is 0 Å². The van der Waals surface area contributed by atoms with Gasteiger partial charge in [-0.25, -0.2) is 0 Å². The number of hydrogen-bond acceptors (Lipinski definition) is 7. The van der Waals surface area contributed by atoms with E-state index < -0.39 is 34.9 Å². The molecule has 0 aromatic heterocycles. The van der Waals surface area contributed by atoms with Crippen molar-refractivity contribution in [1.29, 1.82) is 0 Å². The summed E-state index contributed by atoms with van der Waals surface area (Å²) in [6.45, 7) is 1.61. The van der Waals surface area contributed by atoms with Crippen molar-refractivity contribution in [3.63, 3.8) is 0 Å². The lowest BCUT2D eigenvalue weighted by atomic mass is 9.62. The monoisotopic (exact) mass is 438 g/mol. The summed E-state index contributed by atoms with van der Waals surface area (Å²) < 4.78 is 0. The number of carbonyl (C=O) groups excluding carboxylic acids is 3. The Labute approximate surface area is 185 Å². The predicted octanol–water partition coefficient (Wildman–Crippen LogP) is 2.46. The number of amides is 1. The van der Waals surface area contributed by atoms with Gasteiger partial charge >= 0.3 is 0 Å². The number of Topliss-reactive ketones (excluding diaryl/α,β-unsaturated/α-hetero) is 2. The first-order valence-corrected chi connectivity index (χ1v) is 11.1. The fraction of sp³-hybridized carbons (Fsp3) is 0.458. The van der Waals surface area contributed by atoms with Crippen molar-refractivity contribution in [3.8, 4) is 5.75 Å². The fourth-order valence-corrected chi connectivity index (χ4v) is 5.99. The van der Waals surface area contributed by atoms with Crippen LogP contribution in [-0.4, -0.2) is 45.9 Å². The van der Waals surface area contributed by atoms with Gasteiger partial charge in [-0.15, -0.1) is 0 Å². The molecule has 5 rings (SSSR count). The maximum atomic E-state index is 13.5. The van der Waals surface area contributed by atoms with Gasteiger partial charge in [-0.3, -0.25) is 14.4 Å². The van der Waals surface area contributed by atoms with Gasteiger partial charge in [0.1, 0.15) is 22.8 Å². The maximum absolute atomic E-state index is 13.5. The van der Waals surface area contributed by atoms with Crippen molar-refractivity contribution >= 4 is 23.2 Å². The second-order valence-corrected chi connectivity index (χ2v) is 9.27. The van der Waals surface area contributed by atoms with Crippen LogP contribution in [0.25, 0.3) is 0 Å². The van der Waals surface area contributed by atoms with Crippen molar-refractivity contribution in [2.75, 3.05) is 18.0 Å². The van der Waals surface area contributed by atoms with E-state index in [4.69, 9.17) is 5.73 Å². The summed E-state index contributed by atoms with van der Waals surface area (Å²) in [7, 11) is 0. The SMILES string of the molecule is NC(=O)C1=C(O)CC2CC3Cc4ccc(N5CCCCC5)c(O)c4C(=O)C3=C(O)C2C1=O. The van der Waals surface area contributed by atoms with Crippen LogP contribution in [0.4, 0.5) is 5.69 Å². The van der Waals surface area contributed by atoms with Crippen molar-refractivity contribution in [2.24, 2.45) is 23.5 Å². The Kier molecular flexibility index (Phi) is 4.76. The summed E-state index contributed by atoms with van der Waals surface area (Å²) in [4.78, 5) is 40.2. The maximum Gasteiger partial charge on any atom is 0.255 e. The number of aliphatic hydroxyl groups excluding tert-OH is 2. The molecule has 0 bridgehead atoms. The van der Waals surface area contributed by atoms with Gasteiger partial charge in [0.25, 0.3) is 5.91 Å². The molecule has 0 saturated carbocycles. The van der Waals surface area contributed by atoms with Crippen LogP contribution in [-0.2, 0) is 16.0 Å². The predicted molar refractivity (Wildman–Crippen MR) is 115 cm³/mol. The molecule has 3 unspecified atom stereocenters. The first-order valence-electron chi connectivity index (χ1n) is 11.1. The zero-order valence-corrected chi connectivity index (χ0v) is 17.6. The first kappa shape index (κ1) is 20.6. The number of benzene rings is 1. The Morgan fingerprint density at radius 1 is 1.03 bits per heavy atom. The van der Waals surface area contributed by atoms with Gasteiger partial charge < -0.3 is 26.0 Å². The van der Waals surface area contributed by atoms with Gasteiger partial charge in [0, 0.05) is 25.1 Å². The van der Waals surface area contributed by atoms with E-state index in [-0.39, 0.29) is 40.7 Å². The number of rotatable bonds is 2. The Hall–Kier alpha value is -3.29. The number of allylic oxidation sites excluding steroid dienone is 3. The average Bonchev–Trinajstić information content (AvgIpc) is 2.73. The van der Waals surface area contributed by atoms with Crippen LogP contribution < -0.4 is 10.6 Å². The lowest BCUT2D eigenvalue weighted by molar-refractivity contribution is -0.126. The minimum absolute atomic E-state index is 0.0444. The van der Waals surface area contributed by atoms with Crippen LogP contribution in [0.2, 0.25) is 0 Å². The summed E-state index contributed by atoms with van der Waals surface area (Å²) >= 11 is 0. The third kappa shape index (κ3) is 2.92. The van der Waals surface area contributed by atoms with Gasteiger partial charge in [-0.2, -0.15) is 0 Å². The highest BCUT2D eigenvalue weighted by atomic mass is 16.3. The molecule has 1 aliphatic heterocycles. The number of anilines is 1. The summed E-state index contributed by atoms with van der Waals surface area (Å²) in [5.74, 6) is -4.90. The lowest BCUT2D eigenvalue weighted by Gasteiger charge is -2.41. The van der Waals surface area contributed by atoms with Crippen LogP contribution in [0, 0.1) is 17.8 Å². The van der Waals surface area contributed by atoms with Crippen molar-refractivity contribution in [3.05, 3.63) is 45.9 Å². The van der Waals surface area contributed by atoms with Crippen molar-refractivity contribution in [2.45, 2.75) is 38.5 Å². The fourth-order valence-electron chi connectivity index (χ4n) is 5.99. The molecule has 3 aliphatic carbocycles. The molecule has 0 radical (unpaired) electrons. The number of nitrogens with zero attached hydrogens (tertiary/aromatic N) is 1. The summed E-state index contributed by atoms with van der Waals surface area (Å²) in [5.41, 5.74) is 6.40. The number of phenolic OH excluding ortho intramolecular Hbond substituents is 1. The molecule has 8 nitrogen and oxygen atoms in total. The third-order valence-corrected chi connectivity index (χ3v) is 7.43. The second-order valence-electron chi connectivity index (χ2n) is 9.27. The van der Waals surface area contributed by atoms with Crippen LogP contribution in [0.1, 0.15) is 48.0 Å². The lowest BCUT2D eigenvalue weighted by Crippen LogP contribution is -2.43. The molecule has 1 amide bonds. The van der Waals surface area contributed by atoms with Gasteiger partial charge in [0.2, 0.25) is 0 Å². The van der Waals surface area contributed by atoms with Gasteiger partial charge in [0.05, 0.1) is 17.2 Å². The largest absolute Gasteiger partial charge is 0.511 e. The highest BCUT2D eigenvalue weighted by molar-refractivity contribution is 6.22. The van der Waals surface area contributed by atoms with E-state index in [1.165, 1.54) is 0 Å². The molecule has 0 spiro atoms. The van der Waals surface area contributed by atoms with E-state index >= 15 is 0 Å². The minimum Gasteiger partial charge on any atom is -0.511 e. The molecule has 1 aromatic carbocycles. The van der Waals surface area contributed by atoms with Crippen LogP contribution >= 0.6 is 0 Å². The van der Waals surface area contributed by atoms with Crippen molar-refractivity contribution in [1.82, 2.24) is 0 Å². The number of primary amides is 1. The molecule has 1 heterocycles. The summed E-state index contributed by atoms with van der Waals surface area (Å²) in [6.07, 6.45) is 4.07. The van der Waals surface area contributed by atoms with Crippen molar-refractivity contribution < 1.29 is 29.7 Å². The average molecular weight is 438 g/mol. The number of aromatic hydroxyl groups is 1. The molecule has 3 atom stereocenters. The van der Waals surface area contributed by atoms with Gasteiger partial charge in [0.15, 0.2) is 11.6 Å². The number of aliphatic hydroxyl groups is 2. The summed E-state index contributed by atoms with van der Waals surface area (Å²) in [5, 5.41) is 32.3. The highest BCUT2D eigenvalue weighted by Gasteiger charge is 2.50. The number of fused-ring (bicyclic) bond motifs is 3. The number of piperidine rings is 1. The number of hydrogen-bond donors (Lipinski definition) is 4. The van der Waals surface area contributed by atoms with E-state index in [9.17, 15) is 29.7 Å². The molecular weight excluding hydrogens is 412 g/mol. The summed E-state index contributed by atoms with van der Waals surface area (Å²) in [6, 6.07) is 3.72. The van der Waals surface area contributed by atoms with Crippen LogP contribution in [0.3, 0.4) is 0 Å². The third-order valence-electron chi connectivity index (χ3n) is 7.43. The van der Waals surface area contributed by atoms with E-state index in [0.29, 0.717) is 24.1 Å². The van der Waals surface area contributed by atoms with Crippen LogP contribution in [0.15, 0.2) is 34.8 Å². The Bertz CT molecular complexity index is 1110. The topological polar surface area (TPSA) is 141 Å². The first-order chi connectivity index (χ1) is 15.3. The molecule has 168 valence electrons. The van der Waals surface area contributed by atoms with E-state index in [2.05, 4.69) is 4.90 Å². The Balaban J connectivity index is 1.57. The highest BCUT2D eigenvalue weighted by Crippen LogP contribution is 2.50. The smallest absolute Gasteiger partial charge is 0.255 e. The molecule has 8 heteroatoms. The zero-order valence-electron chi connectivity index (χ0n) is 17.6. The Morgan fingerprint density at radius 3 is 2.44 bits per heavy atom. The second kappa shape index (κ2) is 7.39. The molecular formula is C24H26N2O6. The number of ketones is 2. The zero-order chi connectivity index (χ0) is 22.7. The molecule has 32 heavy (non-hydrogen) atoms. The molecule has 5 N–H and O–H groups in total. The van der Waals surface area contributed by atoms with E-state index in [1.807, 2.05) is 12.1 Å². The molecule has 1 saturated heterocycles. The van der Waals surface area contributed by atoms with E-state index in [0.717, 1.165) is 32.4 Å². The molecule has 4 aliphatic rings.